The third-order valence-electron chi connectivity index (χ3n) is 5.72. The van der Waals surface area contributed by atoms with Crippen LogP contribution < -0.4 is 20.9 Å². The summed E-state index contributed by atoms with van der Waals surface area (Å²) in [4.78, 5) is 19.7. The molecule has 1 aromatic carbocycles. The van der Waals surface area contributed by atoms with E-state index in [9.17, 15) is 4.79 Å². The van der Waals surface area contributed by atoms with Gasteiger partial charge in [0, 0.05) is 37.7 Å². The Hall–Kier alpha value is -3.39. The topological polar surface area (TPSA) is 87.1 Å². The van der Waals surface area contributed by atoms with Crippen molar-refractivity contribution in [2.75, 3.05) is 41.7 Å². The summed E-state index contributed by atoms with van der Waals surface area (Å²) < 4.78 is 1.77. The summed E-state index contributed by atoms with van der Waals surface area (Å²) in [5.74, 6) is 1.58. The molecule has 0 aliphatic carbocycles. The van der Waals surface area contributed by atoms with Gasteiger partial charge in [-0.05, 0) is 37.6 Å². The summed E-state index contributed by atoms with van der Waals surface area (Å²) in [6.45, 7) is 14.1. The first kappa shape index (κ1) is 22.8. The van der Waals surface area contributed by atoms with Gasteiger partial charge in [-0.15, -0.1) is 0 Å². The minimum absolute atomic E-state index is 0.149. The van der Waals surface area contributed by atoms with E-state index in [4.69, 9.17) is 5.10 Å². The molecule has 0 radical (unpaired) electrons. The maximum atomic E-state index is 12.9. The fourth-order valence-electron chi connectivity index (χ4n) is 3.84. The van der Waals surface area contributed by atoms with Crippen LogP contribution in [0.2, 0.25) is 0 Å². The number of carbonyl (C=O) groups is 1. The molecule has 2 aromatic heterocycles. The van der Waals surface area contributed by atoms with Gasteiger partial charge in [-0.25, -0.2) is 14.5 Å². The Balaban J connectivity index is 1.52. The Morgan fingerprint density at radius 2 is 1.73 bits per heavy atom. The van der Waals surface area contributed by atoms with Gasteiger partial charge in [-0.2, -0.15) is 5.10 Å². The van der Waals surface area contributed by atoms with Gasteiger partial charge in [0.15, 0.2) is 0 Å². The SMILES string of the molecule is Cc1ccc(-n2nc(C(C)(C)C)cc2NC(=O)Nc2cnc(N3CCNCC3)c(C)c2)cc1. The largest absolute Gasteiger partial charge is 0.354 e. The van der Waals surface area contributed by atoms with E-state index in [1.807, 2.05) is 50.2 Å². The lowest BCUT2D eigenvalue weighted by molar-refractivity contribution is 0.262. The van der Waals surface area contributed by atoms with E-state index in [-0.39, 0.29) is 11.4 Å². The lowest BCUT2D eigenvalue weighted by Crippen LogP contribution is -2.44. The molecule has 3 aromatic rings. The molecule has 0 spiro atoms. The number of nitrogens with zero attached hydrogens (tertiary/aromatic N) is 4. The molecule has 1 saturated heterocycles. The third-order valence-corrected chi connectivity index (χ3v) is 5.72. The standard InChI is InChI=1S/C25H33N7O/c1-17-6-8-20(9-7-17)32-22(15-21(30-32)25(3,4)5)29-24(33)28-19-14-18(2)23(27-16-19)31-12-10-26-11-13-31/h6-9,14-16,26H,10-13H2,1-5H3,(H2,28,29,33). The molecule has 3 N–H and O–H groups in total. The van der Waals surface area contributed by atoms with Gasteiger partial charge in [0.05, 0.1) is 23.3 Å². The molecule has 174 valence electrons. The van der Waals surface area contributed by atoms with Crippen LogP contribution in [0.1, 0.15) is 37.6 Å². The van der Waals surface area contributed by atoms with E-state index in [1.54, 1.807) is 10.9 Å². The van der Waals surface area contributed by atoms with Gasteiger partial charge >= 0.3 is 6.03 Å². The number of aromatic nitrogens is 3. The fourth-order valence-corrected chi connectivity index (χ4v) is 3.84. The second kappa shape index (κ2) is 9.23. The monoisotopic (exact) mass is 447 g/mol. The van der Waals surface area contributed by atoms with Gasteiger partial charge in [-0.1, -0.05) is 38.5 Å². The number of aryl methyl sites for hydroxylation is 2. The lowest BCUT2D eigenvalue weighted by atomic mass is 9.92. The predicted molar refractivity (Wildman–Crippen MR) is 134 cm³/mol. The highest BCUT2D eigenvalue weighted by atomic mass is 16.2. The normalized spacial score (nSPS) is 14.3. The Kier molecular flexibility index (Phi) is 6.37. The van der Waals surface area contributed by atoms with Crippen molar-refractivity contribution < 1.29 is 4.79 Å². The molecule has 0 bridgehead atoms. The van der Waals surface area contributed by atoms with Crippen molar-refractivity contribution in [3.8, 4) is 5.69 Å². The van der Waals surface area contributed by atoms with Gasteiger partial charge < -0.3 is 15.5 Å². The smallest absolute Gasteiger partial charge is 0.324 e. The molecule has 0 saturated carbocycles. The number of amides is 2. The minimum Gasteiger partial charge on any atom is -0.354 e. The van der Waals surface area contributed by atoms with Gasteiger partial charge in [0.25, 0.3) is 0 Å². The zero-order valence-electron chi connectivity index (χ0n) is 20.1. The summed E-state index contributed by atoms with van der Waals surface area (Å²) in [7, 11) is 0. The molecule has 1 fully saturated rings. The number of piperazine rings is 1. The van der Waals surface area contributed by atoms with E-state index < -0.39 is 0 Å². The number of rotatable bonds is 4. The van der Waals surface area contributed by atoms with Crippen LogP contribution in [0.15, 0.2) is 42.6 Å². The molecule has 8 nitrogen and oxygen atoms in total. The molecule has 33 heavy (non-hydrogen) atoms. The van der Waals surface area contributed by atoms with E-state index in [0.717, 1.165) is 48.9 Å². The molecule has 0 atom stereocenters. The van der Waals surface area contributed by atoms with Crippen molar-refractivity contribution in [2.45, 2.75) is 40.0 Å². The highest BCUT2D eigenvalue weighted by molar-refractivity contribution is 5.99. The van der Waals surface area contributed by atoms with Crippen LogP contribution >= 0.6 is 0 Å². The van der Waals surface area contributed by atoms with Crippen LogP contribution in [-0.4, -0.2) is 47.0 Å². The van der Waals surface area contributed by atoms with Gasteiger partial charge in [0.2, 0.25) is 0 Å². The molecular formula is C25H33N7O. The molecular weight excluding hydrogens is 414 g/mol. The quantitative estimate of drug-likeness (QED) is 0.557. The van der Waals surface area contributed by atoms with Gasteiger partial charge in [0.1, 0.15) is 11.6 Å². The van der Waals surface area contributed by atoms with Crippen LogP contribution in [0.4, 0.5) is 22.1 Å². The van der Waals surface area contributed by atoms with Crippen molar-refractivity contribution in [1.82, 2.24) is 20.1 Å². The average molecular weight is 448 g/mol. The number of nitrogens with one attached hydrogen (secondary N) is 3. The molecule has 3 heterocycles. The summed E-state index contributed by atoms with van der Waals surface area (Å²) >= 11 is 0. The van der Waals surface area contributed by atoms with Crippen molar-refractivity contribution in [3.05, 3.63) is 59.4 Å². The molecule has 2 amide bonds. The lowest BCUT2D eigenvalue weighted by Gasteiger charge is -2.29. The van der Waals surface area contributed by atoms with Crippen molar-refractivity contribution in [1.29, 1.82) is 0 Å². The summed E-state index contributed by atoms with van der Waals surface area (Å²) in [6, 6.07) is 11.6. The van der Waals surface area contributed by atoms with E-state index in [2.05, 4.69) is 46.6 Å². The Morgan fingerprint density at radius 1 is 1.03 bits per heavy atom. The van der Waals surface area contributed by atoms with Crippen LogP contribution in [0.5, 0.6) is 0 Å². The van der Waals surface area contributed by atoms with E-state index in [1.165, 1.54) is 5.56 Å². The summed E-state index contributed by atoms with van der Waals surface area (Å²) in [5.41, 5.74) is 4.50. The second-order valence-corrected chi connectivity index (χ2v) is 9.59. The predicted octanol–water partition coefficient (Wildman–Crippen LogP) is 4.24. The van der Waals surface area contributed by atoms with Crippen LogP contribution in [-0.2, 0) is 5.41 Å². The van der Waals surface area contributed by atoms with E-state index >= 15 is 0 Å². The Bertz CT molecular complexity index is 1120. The van der Waals surface area contributed by atoms with Gasteiger partial charge in [-0.3, -0.25) is 5.32 Å². The van der Waals surface area contributed by atoms with Crippen molar-refractivity contribution in [3.63, 3.8) is 0 Å². The number of pyridine rings is 1. The molecule has 0 unspecified atom stereocenters. The molecule has 4 rings (SSSR count). The number of urea groups is 1. The number of anilines is 3. The highest BCUT2D eigenvalue weighted by Crippen LogP contribution is 2.27. The first-order valence-corrected chi connectivity index (χ1v) is 11.4. The molecule has 1 aliphatic heterocycles. The van der Waals surface area contributed by atoms with Crippen LogP contribution in [0.25, 0.3) is 5.69 Å². The number of carbonyl (C=O) groups excluding carboxylic acids is 1. The first-order chi connectivity index (χ1) is 15.7. The average Bonchev–Trinajstić information content (AvgIpc) is 3.19. The minimum atomic E-state index is -0.333. The first-order valence-electron chi connectivity index (χ1n) is 11.4. The Morgan fingerprint density at radius 3 is 2.36 bits per heavy atom. The maximum Gasteiger partial charge on any atom is 0.324 e. The fraction of sp³-hybridized carbons (Fsp3) is 0.400. The van der Waals surface area contributed by atoms with Crippen LogP contribution in [0.3, 0.4) is 0 Å². The summed E-state index contributed by atoms with van der Waals surface area (Å²) in [5, 5.41) is 14.0. The molecule has 1 aliphatic rings. The zero-order chi connectivity index (χ0) is 23.6. The number of hydrogen-bond acceptors (Lipinski definition) is 5. The van der Waals surface area contributed by atoms with Crippen molar-refractivity contribution >= 4 is 23.4 Å². The second-order valence-electron chi connectivity index (χ2n) is 9.59. The number of hydrogen-bond donors (Lipinski definition) is 3. The third kappa shape index (κ3) is 5.34. The van der Waals surface area contributed by atoms with Crippen molar-refractivity contribution in [2.24, 2.45) is 0 Å². The molecule has 8 heteroatoms. The number of benzene rings is 1. The highest BCUT2D eigenvalue weighted by Gasteiger charge is 2.22. The van der Waals surface area contributed by atoms with Crippen LogP contribution in [0, 0.1) is 13.8 Å². The van der Waals surface area contributed by atoms with E-state index in [0.29, 0.717) is 11.5 Å². The Labute approximate surface area is 195 Å². The maximum absolute atomic E-state index is 12.9. The zero-order valence-corrected chi connectivity index (χ0v) is 20.1. The summed E-state index contributed by atoms with van der Waals surface area (Å²) in [6.07, 6.45) is 1.71.